The fourth-order valence-corrected chi connectivity index (χ4v) is 2.30. The summed E-state index contributed by atoms with van der Waals surface area (Å²) in [6, 6.07) is 2.90. The Morgan fingerprint density at radius 1 is 1.35 bits per heavy atom. The van der Waals surface area contributed by atoms with E-state index in [4.69, 9.17) is 9.47 Å². The molecule has 0 unspecified atom stereocenters. The zero-order valence-electron chi connectivity index (χ0n) is 12.1. The number of morpholine rings is 1. The average molecular weight is 281 g/mol. The number of ether oxygens (including phenoxy) is 2. The van der Waals surface area contributed by atoms with Crippen LogP contribution in [0.25, 0.3) is 0 Å². The van der Waals surface area contributed by atoms with Gasteiger partial charge in [0.05, 0.1) is 25.9 Å². The van der Waals surface area contributed by atoms with Gasteiger partial charge in [0.15, 0.2) is 0 Å². The van der Waals surface area contributed by atoms with Crippen LogP contribution >= 0.6 is 0 Å². The monoisotopic (exact) mass is 281 g/mol. The molecular weight excluding hydrogens is 261 g/mol. The number of benzene rings is 1. The van der Waals surface area contributed by atoms with Gasteiger partial charge in [-0.05, 0) is 23.6 Å². The SMILES string of the molecule is COc1cc(C(=O)N2CCOCC2)c(F)cc1C(C)C. The highest BCUT2D eigenvalue weighted by Crippen LogP contribution is 2.29. The lowest BCUT2D eigenvalue weighted by atomic mass is 9.99. The zero-order valence-corrected chi connectivity index (χ0v) is 12.1. The van der Waals surface area contributed by atoms with Crippen molar-refractivity contribution in [2.45, 2.75) is 19.8 Å². The molecule has 0 N–H and O–H groups in total. The highest BCUT2D eigenvalue weighted by Gasteiger charge is 2.23. The summed E-state index contributed by atoms with van der Waals surface area (Å²) in [4.78, 5) is 14.0. The number of carbonyl (C=O) groups is 1. The normalized spacial score (nSPS) is 15.6. The Hall–Kier alpha value is -1.62. The number of hydrogen-bond acceptors (Lipinski definition) is 3. The summed E-state index contributed by atoms with van der Waals surface area (Å²) in [6.45, 7) is 5.89. The van der Waals surface area contributed by atoms with Crippen molar-refractivity contribution in [3.8, 4) is 5.75 Å². The van der Waals surface area contributed by atoms with Crippen LogP contribution in [0.1, 0.15) is 35.7 Å². The fourth-order valence-electron chi connectivity index (χ4n) is 2.30. The average Bonchev–Trinajstić information content (AvgIpc) is 2.47. The smallest absolute Gasteiger partial charge is 0.257 e. The van der Waals surface area contributed by atoms with Crippen LogP contribution in [0.4, 0.5) is 4.39 Å². The molecule has 1 aliphatic heterocycles. The number of amides is 1. The topological polar surface area (TPSA) is 38.8 Å². The van der Waals surface area contributed by atoms with Gasteiger partial charge < -0.3 is 14.4 Å². The first-order valence-electron chi connectivity index (χ1n) is 6.79. The minimum absolute atomic E-state index is 0.0631. The first-order valence-corrected chi connectivity index (χ1v) is 6.79. The van der Waals surface area contributed by atoms with E-state index in [0.717, 1.165) is 5.56 Å². The maximum atomic E-state index is 14.2. The Bertz CT molecular complexity index is 496. The van der Waals surface area contributed by atoms with Crippen molar-refractivity contribution < 1.29 is 18.7 Å². The second-order valence-corrected chi connectivity index (χ2v) is 5.13. The molecule has 4 nitrogen and oxygen atoms in total. The predicted octanol–water partition coefficient (Wildman–Crippen LogP) is 2.43. The molecular formula is C15H20FNO3. The Morgan fingerprint density at radius 3 is 2.55 bits per heavy atom. The van der Waals surface area contributed by atoms with Gasteiger partial charge in [0.1, 0.15) is 11.6 Å². The highest BCUT2D eigenvalue weighted by molar-refractivity contribution is 5.95. The molecule has 1 aromatic rings. The summed E-state index contributed by atoms with van der Waals surface area (Å²) in [7, 11) is 1.53. The maximum Gasteiger partial charge on any atom is 0.257 e. The van der Waals surface area contributed by atoms with Crippen LogP contribution in [0.5, 0.6) is 5.75 Å². The summed E-state index contributed by atoms with van der Waals surface area (Å²) >= 11 is 0. The third kappa shape index (κ3) is 2.93. The fraction of sp³-hybridized carbons (Fsp3) is 0.533. The van der Waals surface area contributed by atoms with E-state index in [1.807, 2.05) is 13.8 Å². The van der Waals surface area contributed by atoms with Crippen LogP contribution in [-0.4, -0.2) is 44.2 Å². The van der Waals surface area contributed by atoms with Crippen molar-refractivity contribution >= 4 is 5.91 Å². The molecule has 110 valence electrons. The van der Waals surface area contributed by atoms with Gasteiger partial charge in [-0.25, -0.2) is 4.39 Å². The first kappa shape index (κ1) is 14.8. The molecule has 1 aliphatic rings. The molecule has 1 aromatic carbocycles. The van der Waals surface area contributed by atoms with E-state index >= 15 is 0 Å². The summed E-state index contributed by atoms with van der Waals surface area (Å²) in [6.07, 6.45) is 0. The van der Waals surface area contributed by atoms with Crippen LogP contribution in [0.15, 0.2) is 12.1 Å². The third-order valence-electron chi connectivity index (χ3n) is 3.47. The standard InChI is InChI=1S/C15H20FNO3/c1-10(2)11-8-13(16)12(9-14(11)19-3)15(18)17-4-6-20-7-5-17/h8-10H,4-7H2,1-3H3. The van der Waals surface area contributed by atoms with Crippen LogP contribution in [-0.2, 0) is 4.74 Å². The Labute approximate surface area is 118 Å². The maximum absolute atomic E-state index is 14.2. The summed E-state index contributed by atoms with van der Waals surface area (Å²) in [5.41, 5.74) is 0.830. The van der Waals surface area contributed by atoms with Gasteiger partial charge in [0.25, 0.3) is 5.91 Å². The van der Waals surface area contributed by atoms with E-state index in [1.165, 1.54) is 19.2 Å². The molecule has 0 aliphatic carbocycles. The largest absolute Gasteiger partial charge is 0.496 e. The summed E-state index contributed by atoms with van der Waals surface area (Å²) < 4.78 is 24.7. The second kappa shape index (κ2) is 6.22. The molecule has 0 saturated carbocycles. The van der Waals surface area contributed by atoms with Crippen molar-refractivity contribution in [3.05, 3.63) is 29.1 Å². The number of methoxy groups -OCH3 is 1. The van der Waals surface area contributed by atoms with Gasteiger partial charge in [0, 0.05) is 13.1 Å². The highest BCUT2D eigenvalue weighted by atomic mass is 19.1. The van der Waals surface area contributed by atoms with Crippen molar-refractivity contribution in [1.82, 2.24) is 4.90 Å². The molecule has 0 bridgehead atoms. The number of halogens is 1. The van der Waals surface area contributed by atoms with E-state index in [1.54, 1.807) is 4.90 Å². The van der Waals surface area contributed by atoms with Crippen LogP contribution < -0.4 is 4.74 Å². The van der Waals surface area contributed by atoms with Gasteiger partial charge in [0.2, 0.25) is 0 Å². The number of rotatable bonds is 3. The molecule has 1 fully saturated rings. The van der Waals surface area contributed by atoms with E-state index < -0.39 is 5.82 Å². The molecule has 0 spiro atoms. The molecule has 1 amide bonds. The molecule has 1 saturated heterocycles. The predicted molar refractivity (Wildman–Crippen MR) is 73.8 cm³/mol. The van der Waals surface area contributed by atoms with Gasteiger partial charge >= 0.3 is 0 Å². The molecule has 2 rings (SSSR count). The van der Waals surface area contributed by atoms with Crippen molar-refractivity contribution in [3.63, 3.8) is 0 Å². The minimum atomic E-state index is -0.494. The molecule has 1 heterocycles. The van der Waals surface area contributed by atoms with Crippen molar-refractivity contribution in [2.24, 2.45) is 0 Å². The summed E-state index contributed by atoms with van der Waals surface area (Å²) in [5, 5.41) is 0. The van der Waals surface area contributed by atoms with Gasteiger partial charge in [-0.3, -0.25) is 4.79 Å². The number of carbonyl (C=O) groups excluding carboxylic acids is 1. The van der Waals surface area contributed by atoms with Crippen molar-refractivity contribution in [1.29, 1.82) is 0 Å². The van der Waals surface area contributed by atoms with Gasteiger partial charge in [-0.2, -0.15) is 0 Å². The summed E-state index contributed by atoms with van der Waals surface area (Å²) in [5.74, 6) is -0.115. The zero-order chi connectivity index (χ0) is 14.7. The van der Waals surface area contributed by atoms with Crippen LogP contribution in [0.2, 0.25) is 0 Å². The molecule has 0 aromatic heterocycles. The van der Waals surface area contributed by atoms with E-state index in [0.29, 0.717) is 32.1 Å². The minimum Gasteiger partial charge on any atom is -0.496 e. The van der Waals surface area contributed by atoms with Crippen LogP contribution in [0.3, 0.4) is 0 Å². The number of hydrogen-bond donors (Lipinski definition) is 0. The van der Waals surface area contributed by atoms with Crippen molar-refractivity contribution in [2.75, 3.05) is 33.4 Å². The lowest BCUT2D eigenvalue weighted by molar-refractivity contribution is 0.0299. The lowest BCUT2D eigenvalue weighted by Crippen LogP contribution is -2.41. The van der Waals surface area contributed by atoms with Gasteiger partial charge in [-0.15, -0.1) is 0 Å². The third-order valence-corrected chi connectivity index (χ3v) is 3.47. The van der Waals surface area contributed by atoms with E-state index in [2.05, 4.69) is 0 Å². The molecule has 0 atom stereocenters. The van der Waals surface area contributed by atoms with Gasteiger partial charge in [-0.1, -0.05) is 13.8 Å². The second-order valence-electron chi connectivity index (χ2n) is 5.13. The Morgan fingerprint density at radius 2 is 2.00 bits per heavy atom. The molecule has 5 heteroatoms. The van der Waals surface area contributed by atoms with Crippen LogP contribution in [0, 0.1) is 5.82 Å². The Balaban J connectivity index is 2.33. The quantitative estimate of drug-likeness (QED) is 0.854. The van der Waals surface area contributed by atoms with E-state index in [-0.39, 0.29) is 17.4 Å². The van der Waals surface area contributed by atoms with E-state index in [9.17, 15) is 9.18 Å². The molecule has 0 radical (unpaired) electrons. The Kier molecular flexibility index (Phi) is 4.60. The first-order chi connectivity index (χ1) is 9.54. The molecule has 20 heavy (non-hydrogen) atoms. The number of nitrogens with zero attached hydrogens (tertiary/aromatic N) is 1. The lowest BCUT2D eigenvalue weighted by Gasteiger charge is -2.27.